The lowest BCUT2D eigenvalue weighted by Crippen LogP contribution is -2.17. The van der Waals surface area contributed by atoms with Crippen LogP contribution in [0, 0.1) is 6.92 Å². The number of aromatic nitrogens is 1. The van der Waals surface area contributed by atoms with Crippen molar-refractivity contribution in [3.05, 3.63) is 89.1 Å². The van der Waals surface area contributed by atoms with Gasteiger partial charge in [-0.1, -0.05) is 18.2 Å². The first-order chi connectivity index (χ1) is 17.7. The van der Waals surface area contributed by atoms with Crippen LogP contribution in [0.5, 0.6) is 0 Å². The predicted molar refractivity (Wildman–Crippen MR) is 131 cm³/mol. The summed E-state index contributed by atoms with van der Waals surface area (Å²) in [6, 6.07) is 12.3. The van der Waals surface area contributed by atoms with Crippen LogP contribution in [-0.2, 0) is 17.1 Å². The van der Waals surface area contributed by atoms with Crippen LogP contribution < -0.4 is 10.6 Å². The highest BCUT2D eigenvalue weighted by molar-refractivity contribution is 6.07. The second kappa shape index (κ2) is 9.81. The molecule has 1 aromatic heterocycles. The van der Waals surface area contributed by atoms with Gasteiger partial charge in [-0.3, -0.25) is 14.6 Å². The summed E-state index contributed by atoms with van der Waals surface area (Å²) in [5.41, 5.74) is -0.696. The van der Waals surface area contributed by atoms with Crippen LogP contribution in [0.15, 0.2) is 66.9 Å². The molecule has 5 nitrogen and oxygen atoms in total. The molecule has 3 aromatic carbocycles. The number of carbonyl (C=O) groups excluding carboxylic acids is 2. The Morgan fingerprint density at radius 3 is 2.05 bits per heavy atom. The van der Waals surface area contributed by atoms with Crippen molar-refractivity contribution in [2.24, 2.45) is 0 Å². The maximum Gasteiger partial charge on any atom is 0.416 e. The monoisotopic (exact) mass is 531 g/mol. The molecule has 0 bridgehead atoms. The zero-order chi connectivity index (χ0) is 27.8. The number of hydrogen-bond acceptors (Lipinski definition) is 3. The molecule has 0 aliphatic heterocycles. The molecule has 0 fully saturated rings. The Morgan fingerprint density at radius 2 is 1.45 bits per heavy atom. The number of amides is 2. The van der Waals surface area contributed by atoms with Crippen molar-refractivity contribution in [1.29, 1.82) is 0 Å². The molecule has 0 unspecified atom stereocenters. The normalized spacial score (nSPS) is 11.9. The van der Waals surface area contributed by atoms with Crippen LogP contribution in [0.4, 0.5) is 37.7 Å². The topological polar surface area (TPSA) is 71.1 Å². The van der Waals surface area contributed by atoms with E-state index in [1.54, 1.807) is 43.3 Å². The first-order valence-electron chi connectivity index (χ1n) is 11.1. The van der Waals surface area contributed by atoms with Crippen LogP contribution in [0.25, 0.3) is 22.0 Å². The zero-order valence-corrected chi connectivity index (χ0v) is 19.9. The number of alkyl halides is 6. The van der Waals surface area contributed by atoms with Gasteiger partial charge < -0.3 is 10.6 Å². The van der Waals surface area contributed by atoms with E-state index in [2.05, 4.69) is 15.6 Å². The molecular weight excluding hydrogens is 512 g/mol. The summed E-state index contributed by atoms with van der Waals surface area (Å²) in [4.78, 5) is 28.7. The van der Waals surface area contributed by atoms with Crippen LogP contribution in [0.2, 0.25) is 0 Å². The van der Waals surface area contributed by atoms with E-state index < -0.39 is 35.0 Å². The summed E-state index contributed by atoms with van der Waals surface area (Å²) >= 11 is 0. The van der Waals surface area contributed by atoms with Crippen molar-refractivity contribution in [2.75, 3.05) is 10.6 Å². The lowest BCUT2D eigenvalue weighted by molar-refractivity contribution is -0.143. The lowest BCUT2D eigenvalue weighted by Gasteiger charge is -2.15. The Morgan fingerprint density at radius 1 is 0.789 bits per heavy atom. The molecule has 2 amide bonds. The molecule has 0 aliphatic carbocycles. The molecule has 11 heteroatoms. The van der Waals surface area contributed by atoms with Gasteiger partial charge in [-0.15, -0.1) is 0 Å². The summed E-state index contributed by atoms with van der Waals surface area (Å²) in [5, 5.41) is 5.78. The van der Waals surface area contributed by atoms with Gasteiger partial charge in [-0.05, 0) is 66.1 Å². The fraction of sp³-hybridized carbons (Fsp3) is 0.148. The van der Waals surface area contributed by atoms with Crippen molar-refractivity contribution in [3.8, 4) is 11.1 Å². The van der Waals surface area contributed by atoms with Crippen LogP contribution in [0.1, 0.15) is 34.0 Å². The predicted octanol–water partition coefficient (Wildman–Crippen LogP) is 7.46. The molecule has 0 radical (unpaired) electrons. The van der Waals surface area contributed by atoms with E-state index in [0.717, 1.165) is 5.56 Å². The largest absolute Gasteiger partial charge is 0.416 e. The van der Waals surface area contributed by atoms with Crippen molar-refractivity contribution in [1.82, 2.24) is 4.98 Å². The SMILES string of the molecule is CC(=O)Nc1cccc2c(-c3cc(NC(=O)c4cc(C(F)(F)F)cc(C(F)(F)F)c4)ccc3C)ccnc12. The Labute approximate surface area is 212 Å². The molecule has 0 saturated carbocycles. The highest BCUT2D eigenvalue weighted by atomic mass is 19.4. The number of benzene rings is 3. The maximum absolute atomic E-state index is 13.2. The van der Waals surface area contributed by atoms with Gasteiger partial charge in [-0.25, -0.2) is 0 Å². The maximum atomic E-state index is 13.2. The van der Waals surface area contributed by atoms with Gasteiger partial charge >= 0.3 is 12.4 Å². The standard InChI is InChI=1S/C27H19F6N3O2/c1-14-6-7-19(36-25(38)16-10-17(26(28,29)30)12-18(11-16)27(31,32)33)13-22(14)20-8-9-34-24-21(20)4-3-5-23(24)35-15(2)37/h3-13H,1-2H3,(H,35,37)(H,36,38). The molecule has 0 aliphatic rings. The van der Waals surface area contributed by atoms with Crippen LogP contribution in [0.3, 0.4) is 0 Å². The fourth-order valence-corrected chi connectivity index (χ4v) is 3.98. The highest BCUT2D eigenvalue weighted by Gasteiger charge is 2.37. The number of anilines is 2. The van der Waals surface area contributed by atoms with Gasteiger partial charge in [0.1, 0.15) is 0 Å². The first-order valence-corrected chi connectivity index (χ1v) is 11.1. The molecule has 196 valence electrons. The number of carbonyl (C=O) groups is 2. The number of para-hydroxylation sites is 1. The minimum Gasteiger partial charge on any atom is -0.324 e. The molecule has 0 saturated heterocycles. The Bertz CT molecular complexity index is 1530. The van der Waals surface area contributed by atoms with Gasteiger partial charge in [0, 0.05) is 29.8 Å². The van der Waals surface area contributed by atoms with E-state index in [9.17, 15) is 35.9 Å². The summed E-state index contributed by atoms with van der Waals surface area (Å²) in [6.07, 6.45) is -8.62. The smallest absolute Gasteiger partial charge is 0.324 e. The first kappa shape index (κ1) is 26.6. The van der Waals surface area contributed by atoms with E-state index in [-0.39, 0.29) is 17.7 Å². The summed E-state index contributed by atoms with van der Waals surface area (Å²) < 4.78 is 79.3. The number of fused-ring (bicyclic) bond motifs is 1. The molecular formula is C27H19F6N3O2. The zero-order valence-electron chi connectivity index (χ0n) is 19.9. The minimum atomic E-state index is -5.08. The number of nitrogens with zero attached hydrogens (tertiary/aromatic N) is 1. The van der Waals surface area contributed by atoms with Crippen LogP contribution in [-0.4, -0.2) is 16.8 Å². The quantitative estimate of drug-likeness (QED) is 0.269. The molecule has 2 N–H and O–H groups in total. The van der Waals surface area contributed by atoms with Crippen molar-refractivity contribution in [2.45, 2.75) is 26.2 Å². The van der Waals surface area contributed by atoms with Crippen molar-refractivity contribution >= 4 is 34.1 Å². The molecule has 0 spiro atoms. The number of nitrogens with one attached hydrogen (secondary N) is 2. The minimum absolute atomic E-state index is 0.0372. The van der Waals surface area contributed by atoms with E-state index in [1.807, 2.05) is 0 Å². The highest BCUT2D eigenvalue weighted by Crippen LogP contribution is 2.37. The lowest BCUT2D eigenvalue weighted by atomic mass is 9.96. The van der Waals surface area contributed by atoms with E-state index in [1.165, 1.54) is 19.2 Å². The number of halogens is 6. The molecule has 1 heterocycles. The van der Waals surface area contributed by atoms with E-state index in [4.69, 9.17) is 0 Å². The Balaban J connectivity index is 1.74. The fourth-order valence-electron chi connectivity index (χ4n) is 3.98. The second-order valence-electron chi connectivity index (χ2n) is 8.52. The summed E-state index contributed by atoms with van der Waals surface area (Å²) in [5.74, 6) is -1.42. The molecule has 38 heavy (non-hydrogen) atoms. The van der Waals surface area contributed by atoms with Gasteiger partial charge in [-0.2, -0.15) is 26.3 Å². The molecule has 4 aromatic rings. The number of aryl methyl sites for hydroxylation is 1. The van der Waals surface area contributed by atoms with Crippen molar-refractivity contribution < 1.29 is 35.9 Å². The second-order valence-corrected chi connectivity index (χ2v) is 8.52. The number of rotatable bonds is 4. The van der Waals surface area contributed by atoms with E-state index in [0.29, 0.717) is 39.8 Å². The third-order valence-corrected chi connectivity index (χ3v) is 5.72. The summed E-state index contributed by atoms with van der Waals surface area (Å²) in [7, 11) is 0. The van der Waals surface area contributed by atoms with Gasteiger partial charge in [0.25, 0.3) is 5.91 Å². The van der Waals surface area contributed by atoms with Gasteiger partial charge in [0.05, 0.1) is 22.3 Å². The van der Waals surface area contributed by atoms with Crippen molar-refractivity contribution in [3.63, 3.8) is 0 Å². The Hall–Kier alpha value is -4.41. The molecule has 4 rings (SSSR count). The average Bonchev–Trinajstić information content (AvgIpc) is 2.83. The number of hydrogen-bond donors (Lipinski definition) is 2. The van der Waals surface area contributed by atoms with Gasteiger partial charge in [0.15, 0.2) is 0 Å². The third kappa shape index (κ3) is 5.61. The summed E-state index contributed by atoms with van der Waals surface area (Å²) in [6.45, 7) is 3.16. The third-order valence-electron chi connectivity index (χ3n) is 5.72. The van der Waals surface area contributed by atoms with Crippen LogP contribution >= 0.6 is 0 Å². The average molecular weight is 531 g/mol. The van der Waals surface area contributed by atoms with E-state index >= 15 is 0 Å². The number of pyridine rings is 1. The van der Waals surface area contributed by atoms with Gasteiger partial charge in [0.2, 0.25) is 5.91 Å². The Kier molecular flexibility index (Phi) is 6.88. The molecule has 0 atom stereocenters.